The van der Waals surface area contributed by atoms with Crippen molar-refractivity contribution in [2.75, 3.05) is 6.61 Å². The standard InChI is InChI=1S/C7H15O5P/c1-4-12-6(8)5-7(2,3)13(9,10)11/h4-5H2,1-3H3,(H2,9,10,11). The minimum atomic E-state index is -4.25. The van der Waals surface area contributed by atoms with Crippen LogP contribution in [0.25, 0.3) is 0 Å². The van der Waals surface area contributed by atoms with Crippen molar-refractivity contribution in [2.45, 2.75) is 32.3 Å². The highest BCUT2D eigenvalue weighted by Crippen LogP contribution is 2.51. The molecular weight excluding hydrogens is 195 g/mol. The highest BCUT2D eigenvalue weighted by atomic mass is 31.2. The number of rotatable bonds is 4. The molecule has 78 valence electrons. The summed E-state index contributed by atoms with van der Waals surface area (Å²) in [5.41, 5.74) is 0. The van der Waals surface area contributed by atoms with E-state index in [1.807, 2.05) is 0 Å². The fourth-order valence-electron chi connectivity index (χ4n) is 0.668. The number of carbonyl (C=O) groups excluding carboxylic acids is 1. The number of ether oxygens (including phenoxy) is 1. The predicted molar refractivity (Wildman–Crippen MR) is 47.4 cm³/mol. The molecule has 0 bridgehead atoms. The minimum Gasteiger partial charge on any atom is -0.466 e. The van der Waals surface area contributed by atoms with Crippen molar-refractivity contribution < 1.29 is 23.9 Å². The molecule has 0 spiro atoms. The zero-order valence-electron chi connectivity index (χ0n) is 7.98. The lowest BCUT2D eigenvalue weighted by molar-refractivity contribution is -0.143. The van der Waals surface area contributed by atoms with Gasteiger partial charge in [0, 0.05) is 0 Å². The van der Waals surface area contributed by atoms with Gasteiger partial charge in [-0.2, -0.15) is 0 Å². The van der Waals surface area contributed by atoms with Crippen molar-refractivity contribution in [3.63, 3.8) is 0 Å². The summed E-state index contributed by atoms with van der Waals surface area (Å²) in [4.78, 5) is 28.7. The molecule has 0 saturated carbocycles. The molecule has 0 aromatic rings. The summed E-state index contributed by atoms with van der Waals surface area (Å²) in [5, 5.41) is -1.35. The summed E-state index contributed by atoms with van der Waals surface area (Å²) in [6, 6.07) is 0. The molecular formula is C7H15O5P. The summed E-state index contributed by atoms with van der Waals surface area (Å²) in [5.74, 6) is -0.587. The number of hydrogen-bond acceptors (Lipinski definition) is 3. The van der Waals surface area contributed by atoms with Crippen LogP contribution in [0.2, 0.25) is 0 Å². The maximum atomic E-state index is 10.9. The van der Waals surface area contributed by atoms with Crippen LogP contribution in [0, 0.1) is 0 Å². The zero-order valence-corrected chi connectivity index (χ0v) is 8.88. The van der Waals surface area contributed by atoms with Crippen LogP contribution < -0.4 is 0 Å². The molecule has 0 aromatic heterocycles. The molecule has 0 aliphatic heterocycles. The van der Waals surface area contributed by atoms with Crippen molar-refractivity contribution in [1.82, 2.24) is 0 Å². The molecule has 0 amide bonds. The van der Waals surface area contributed by atoms with Crippen LogP contribution in [0.4, 0.5) is 0 Å². The van der Waals surface area contributed by atoms with E-state index >= 15 is 0 Å². The Morgan fingerprint density at radius 2 is 1.92 bits per heavy atom. The van der Waals surface area contributed by atoms with Crippen molar-refractivity contribution in [1.29, 1.82) is 0 Å². The Balaban J connectivity index is 4.35. The highest BCUT2D eigenvalue weighted by molar-refractivity contribution is 7.53. The van der Waals surface area contributed by atoms with Gasteiger partial charge >= 0.3 is 13.6 Å². The van der Waals surface area contributed by atoms with Gasteiger partial charge in [0.25, 0.3) is 0 Å². The summed E-state index contributed by atoms with van der Waals surface area (Å²) in [6.07, 6.45) is -0.273. The third-order valence-electron chi connectivity index (χ3n) is 1.67. The maximum Gasteiger partial charge on any atom is 0.331 e. The SMILES string of the molecule is CCOC(=O)CC(C)(C)P(=O)(O)O. The Morgan fingerprint density at radius 3 is 2.23 bits per heavy atom. The Morgan fingerprint density at radius 1 is 1.46 bits per heavy atom. The lowest BCUT2D eigenvalue weighted by Gasteiger charge is -2.24. The van der Waals surface area contributed by atoms with Crippen LogP contribution in [-0.2, 0) is 14.1 Å². The second kappa shape index (κ2) is 4.22. The Labute approximate surface area is 77.3 Å². The van der Waals surface area contributed by atoms with E-state index in [1.165, 1.54) is 13.8 Å². The largest absolute Gasteiger partial charge is 0.466 e. The highest BCUT2D eigenvalue weighted by Gasteiger charge is 2.39. The molecule has 5 nitrogen and oxygen atoms in total. The minimum absolute atomic E-state index is 0.218. The van der Waals surface area contributed by atoms with Crippen molar-refractivity contribution >= 4 is 13.6 Å². The smallest absolute Gasteiger partial charge is 0.331 e. The fraction of sp³-hybridized carbons (Fsp3) is 0.857. The monoisotopic (exact) mass is 210 g/mol. The van der Waals surface area contributed by atoms with Gasteiger partial charge in [0.05, 0.1) is 18.2 Å². The van der Waals surface area contributed by atoms with E-state index in [-0.39, 0.29) is 13.0 Å². The predicted octanol–water partition coefficient (Wildman–Crippen LogP) is 0.896. The van der Waals surface area contributed by atoms with E-state index in [1.54, 1.807) is 6.92 Å². The molecule has 0 atom stereocenters. The van der Waals surface area contributed by atoms with Crippen LogP contribution in [-0.4, -0.2) is 27.5 Å². The topological polar surface area (TPSA) is 83.8 Å². The van der Waals surface area contributed by atoms with Crippen LogP contribution in [0.3, 0.4) is 0 Å². The normalized spacial score (nSPS) is 12.7. The molecule has 0 fully saturated rings. The van der Waals surface area contributed by atoms with Crippen LogP contribution in [0.5, 0.6) is 0 Å². The van der Waals surface area contributed by atoms with Crippen LogP contribution >= 0.6 is 7.60 Å². The first-order valence-electron chi connectivity index (χ1n) is 3.92. The Kier molecular flexibility index (Phi) is 4.10. The molecule has 0 unspecified atom stereocenters. The van der Waals surface area contributed by atoms with Gasteiger partial charge < -0.3 is 14.5 Å². The van der Waals surface area contributed by atoms with E-state index in [9.17, 15) is 9.36 Å². The maximum absolute atomic E-state index is 10.9. The molecule has 13 heavy (non-hydrogen) atoms. The zero-order chi connectivity index (χ0) is 10.7. The van der Waals surface area contributed by atoms with Gasteiger partial charge in [0.15, 0.2) is 0 Å². The molecule has 0 saturated heterocycles. The van der Waals surface area contributed by atoms with E-state index in [0.717, 1.165) is 0 Å². The van der Waals surface area contributed by atoms with Crippen LogP contribution in [0.1, 0.15) is 27.2 Å². The average molecular weight is 210 g/mol. The van der Waals surface area contributed by atoms with Gasteiger partial charge in [0.2, 0.25) is 0 Å². The van der Waals surface area contributed by atoms with Gasteiger partial charge in [-0.25, -0.2) is 0 Å². The van der Waals surface area contributed by atoms with Crippen molar-refractivity contribution in [3.05, 3.63) is 0 Å². The molecule has 0 rings (SSSR count). The summed E-state index contributed by atoms with van der Waals surface area (Å²) >= 11 is 0. The van der Waals surface area contributed by atoms with Crippen LogP contribution in [0.15, 0.2) is 0 Å². The van der Waals surface area contributed by atoms with E-state index in [0.29, 0.717) is 0 Å². The third-order valence-corrected chi connectivity index (χ3v) is 3.41. The first-order chi connectivity index (χ1) is 5.70. The van der Waals surface area contributed by atoms with Gasteiger partial charge in [-0.3, -0.25) is 9.36 Å². The molecule has 0 heterocycles. The Bertz CT molecular complexity index is 229. The number of hydrogen-bond donors (Lipinski definition) is 2. The lowest BCUT2D eigenvalue weighted by Crippen LogP contribution is -2.25. The van der Waals surface area contributed by atoms with E-state index in [2.05, 4.69) is 4.74 Å². The van der Waals surface area contributed by atoms with Gasteiger partial charge in [-0.15, -0.1) is 0 Å². The summed E-state index contributed by atoms with van der Waals surface area (Å²) in [6.45, 7) is 4.54. The van der Waals surface area contributed by atoms with Gasteiger partial charge in [-0.05, 0) is 20.8 Å². The molecule has 0 radical (unpaired) electrons. The lowest BCUT2D eigenvalue weighted by atomic mass is 10.1. The fourth-order valence-corrected chi connectivity index (χ4v) is 1.00. The van der Waals surface area contributed by atoms with Gasteiger partial charge in [-0.1, -0.05) is 0 Å². The van der Waals surface area contributed by atoms with Gasteiger partial charge in [0.1, 0.15) is 0 Å². The summed E-state index contributed by atoms with van der Waals surface area (Å²) in [7, 11) is -4.25. The Hall–Kier alpha value is -0.380. The van der Waals surface area contributed by atoms with E-state index < -0.39 is 18.7 Å². The second-order valence-electron chi connectivity index (χ2n) is 3.34. The molecule has 0 aliphatic carbocycles. The van der Waals surface area contributed by atoms with E-state index in [4.69, 9.17) is 9.79 Å². The van der Waals surface area contributed by atoms with Crippen molar-refractivity contribution in [2.24, 2.45) is 0 Å². The number of carbonyl (C=O) groups is 1. The average Bonchev–Trinajstić information content (AvgIpc) is 1.83. The molecule has 0 aromatic carbocycles. The van der Waals surface area contributed by atoms with Crippen molar-refractivity contribution in [3.8, 4) is 0 Å². The quantitative estimate of drug-likeness (QED) is 0.532. The molecule has 2 N–H and O–H groups in total. The first-order valence-corrected chi connectivity index (χ1v) is 5.53. The summed E-state index contributed by atoms with van der Waals surface area (Å²) < 4.78 is 15.5. The third kappa shape index (κ3) is 3.89. The molecule has 0 aliphatic rings. The first kappa shape index (κ1) is 12.6. The second-order valence-corrected chi connectivity index (χ2v) is 5.64. The molecule has 6 heteroatoms. The number of esters is 1.